The molecule has 1 atom stereocenters. The van der Waals surface area contributed by atoms with Crippen LogP contribution < -0.4 is 4.90 Å². The van der Waals surface area contributed by atoms with Crippen LogP contribution in [0.4, 0.5) is 5.69 Å². The number of rotatable bonds is 17. The van der Waals surface area contributed by atoms with Gasteiger partial charge in [-0.05, 0) is 24.5 Å². The molecule has 1 heterocycles. The van der Waals surface area contributed by atoms with Crippen molar-refractivity contribution >= 4 is 23.3 Å². The van der Waals surface area contributed by atoms with Gasteiger partial charge >= 0.3 is 0 Å². The SMILES string of the molecule is CCCCCCCCCC(=O)C1C(=O)N(C(=O)CCCCCCCCC)c2ccccc21. The number of fused-ring (bicyclic) bond motifs is 1. The monoisotopic (exact) mass is 441 g/mol. The molecule has 1 aliphatic rings. The molecule has 1 aromatic carbocycles. The van der Waals surface area contributed by atoms with Crippen molar-refractivity contribution in [2.45, 2.75) is 122 Å². The fourth-order valence-corrected chi connectivity index (χ4v) is 4.63. The first-order valence-corrected chi connectivity index (χ1v) is 13.1. The number of anilines is 1. The lowest BCUT2D eigenvalue weighted by atomic mass is 9.93. The van der Waals surface area contributed by atoms with Gasteiger partial charge in [0.2, 0.25) is 11.8 Å². The summed E-state index contributed by atoms with van der Waals surface area (Å²) in [5, 5.41) is 0. The first-order chi connectivity index (χ1) is 15.6. The minimum absolute atomic E-state index is 0.0396. The molecule has 2 amide bonds. The number of imide groups is 1. The fraction of sp³-hybridized carbons (Fsp3) is 0.679. The van der Waals surface area contributed by atoms with Gasteiger partial charge in [0.25, 0.3) is 0 Å². The van der Waals surface area contributed by atoms with Crippen molar-refractivity contribution in [1.29, 1.82) is 0 Å². The Morgan fingerprint density at radius 1 is 0.719 bits per heavy atom. The lowest BCUT2D eigenvalue weighted by Crippen LogP contribution is -2.36. The summed E-state index contributed by atoms with van der Waals surface area (Å²) in [6, 6.07) is 7.33. The Labute approximate surface area is 195 Å². The highest BCUT2D eigenvalue weighted by Gasteiger charge is 2.43. The Morgan fingerprint density at radius 2 is 1.22 bits per heavy atom. The maximum atomic E-state index is 13.1. The van der Waals surface area contributed by atoms with Gasteiger partial charge < -0.3 is 0 Å². The molecular weight excluding hydrogens is 398 g/mol. The van der Waals surface area contributed by atoms with Gasteiger partial charge in [0.1, 0.15) is 11.7 Å². The molecule has 0 aromatic heterocycles. The molecule has 0 aliphatic carbocycles. The van der Waals surface area contributed by atoms with Crippen molar-refractivity contribution in [2.24, 2.45) is 0 Å². The lowest BCUT2D eigenvalue weighted by Gasteiger charge is -2.16. The predicted octanol–water partition coefficient (Wildman–Crippen LogP) is 7.49. The van der Waals surface area contributed by atoms with Gasteiger partial charge in [0, 0.05) is 12.8 Å². The van der Waals surface area contributed by atoms with Crippen LogP contribution in [0.25, 0.3) is 0 Å². The zero-order valence-electron chi connectivity index (χ0n) is 20.4. The number of amides is 2. The van der Waals surface area contributed by atoms with Crippen molar-refractivity contribution in [2.75, 3.05) is 4.90 Å². The number of carbonyl (C=O) groups is 3. The third kappa shape index (κ3) is 7.86. The van der Waals surface area contributed by atoms with E-state index >= 15 is 0 Å². The van der Waals surface area contributed by atoms with Gasteiger partial charge in [0.15, 0.2) is 0 Å². The maximum absolute atomic E-state index is 13.1. The highest BCUT2D eigenvalue weighted by atomic mass is 16.2. The van der Waals surface area contributed by atoms with E-state index in [1.165, 1.54) is 56.3 Å². The number of nitrogens with zero attached hydrogens (tertiary/aromatic N) is 1. The Morgan fingerprint density at radius 3 is 1.81 bits per heavy atom. The molecular formula is C28H43NO3. The average molecular weight is 442 g/mol. The summed E-state index contributed by atoms with van der Waals surface area (Å²) >= 11 is 0. The molecule has 32 heavy (non-hydrogen) atoms. The van der Waals surface area contributed by atoms with Gasteiger partial charge in [-0.2, -0.15) is 0 Å². The highest BCUT2D eigenvalue weighted by molar-refractivity contribution is 6.27. The molecule has 0 N–H and O–H groups in total. The molecule has 0 fully saturated rings. The van der Waals surface area contributed by atoms with Crippen molar-refractivity contribution < 1.29 is 14.4 Å². The zero-order valence-corrected chi connectivity index (χ0v) is 20.4. The van der Waals surface area contributed by atoms with Crippen molar-refractivity contribution in [3.8, 4) is 0 Å². The number of carbonyl (C=O) groups excluding carboxylic acids is 3. The quantitative estimate of drug-likeness (QED) is 0.186. The number of ketones is 1. The molecule has 1 unspecified atom stereocenters. The summed E-state index contributed by atoms with van der Waals surface area (Å²) in [6.07, 6.45) is 16.7. The van der Waals surface area contributed by atoms with Crippen LogP contribution in [0.2, 0.25) is 0 Å². The third-order valence-electron chi connectivity index (χ3n) is 6.55. The van der Waals surface area contributed by atoms with Crippen molar-refractivity contribution in [3.63, 3.8) is 0 Å². The molecule has 4 nitrogen and oxygen atoms in total. The number of para-hydroxylation sites is 1. The topological polar surface area (TPSA) is 54.5 Å². The number of hydrogen-bond donors (Lipinski definition) is 0. The normalized spacial score (nSPS) is 15.2. The summed E-state index contributed by atoms with van der Waals surface area (Å²) in [4.78, 5) is 40.3. The van der Waals surface area contributed by atoms with Gasteiger partial charge in [-0.25, -0.2) is 4.90 Å². The third-order valence-corrected chi connectivity index (χ3v) is 6.55. The fourth-order valence-electron chi connectivity index (χ4n) is 4.63. The van der Waals surface area contributed by atoms with E-state index in [9.17, 15) is 14.4 Å². The van der Waals surface area contributed by atoms with E-state index in [1.54, 1.807) is 6.07 Å². The van der Waals surface area contributed by atoms with Gasteiger partial charge in [-0.15, -0.1) is 0 Å². The Hall–Kier alpha value is -1.97. The second kappa shape index (κ2) is 15.0. The summed E-state index contributed by atoms with van der Waals surface area (Å²) in [5.41, 5.74) is 1.32. The Kier molecular flexibility index (Phi) is 12.3. The number of benzene rings is 1. The van der Waals surface area contributed by atoms with Gasteiger partial charge in [-0.3, -0.25) is 14.4 Å². The standard InChI is InChI=1S/C28H43NO3/c1-3-5-7-9-11-13-15-21-25(30)27-23-19-17-18-20-24(23)29(28(27)32)26(31)22-16-14-12-10-8-6-4-2/h17-20,27H,3-16,21-22H2,1-2H3. The van der Waals surface area contributed by atoms with Gasteiger partial charge in [0.05, 0.1) is 5.69 Å². The van der Waals surface area contributed by atoms with Crippen LogP contribution in [-0.4, -0.2) is 17.6 Å². The summed E-state index contributed by atoms with van der Waals surface area (Å²) in [6.45, 7) is 4.41. The maximum Gasteiger partial charge on any atom is 0.248 e. The van der Waals surface area contributed by atoms with E-state index < -0.39 is 5.92 Å². The lowest BCUT2D eigenvalue weighted by molar-refractivity contribution is -0.130. The Bertz CT molecular complexity index is 668. The summed E-state index contributed by atoms with van der Waals surface area (Å²) in [5.74, 6) is -1.35. The molecule has 1 aliphatic heterocycles. The molecule has 1 aromatic rings. The molecule has 2 rings (SSSR count). The van der Waals surface area contributed by atoms with Crippen molar-refractivity contribution in [3.05, 3.63) is 29.8 Å². The van der Waals surface area contributed by atoms with E-state index in [4.69, 9.17) is 0 Å². The first kappa shape index (κ1) is 26.3. The van der Waals surface area contributed by atoms with Crippen LogP contribution in [0, 0.1) is 0 Å². The van der Waals surface area contributed by atoms with E-state index in [-0.39, 0.29) is 17.6 Å². The van der Waals surface area contributed by atoms with E-state index in [2.05, 4.69) is 13.8 Å². The molecule has 0 radical (unpaired) electrons. The minimum atomic E-state index is -0.802. The predicted molar refractivity (Wildman–Crippen MR) is 132 cm³/mol. The van der Waals surface area contributed by atoms with Crippen LogP contribution in [-0.2, 0) is 14.4 Å². The first-order valence-electron chi connectivity index (χ1n) is 13.1. The van der Waals surface area contributed by atoms with E-state index in [1.807, 2.05) is 18.2 Å². The smallest absolute Gasteiger partial charge is 0.248 e. The molecule has 0 saturated carbocycles. The van der Waals surface area contributed by atoms with Gasteiger partial charge in [-0.1, -0.05) is 109 Å². The number of Topliss-reactive ketones (excluding diaryl/α,β-unsaturated/α-hetero) is 1. The average Bonchev–Trinajstić information content (AvgIpc) is 3.09. The van der Waals surface area contributed by atoms with Crippen LogP contribution in [0.15, 0.2) is 24.3 Å². The number of unbranched alkanes of at least 4 members (excludes halogenated alkanes) is 12. The summed E-state index contributed by atoms with van der Waals surface area (Å²) in [7, 11) is 0. The van der Waals surface area contributed by atoms with Crippen LogP contribution in [0.5, 0.6) is 0 Å². The number of hydrogen-bond acceptors (Lipinski definition) is 3. The van der Waals surface area contributed by atoms with Crippen LogP contribution in [0.3, 0.4) is 0 Å². The van der Waals surface area contributed by atoms with Crippen LogP contribution in [0.1, 0.15) is 128 Å². The zero-order chi connectivity index (χ0) is 23.2. The molecule has 0 saturated heterocycles. The van der Waals surface area contributed by atoms with E-state index in [0.717, 1.165) is 38.5 Å². The molecule has 0 bridgehead atoms. The second-order valence-electron chi connectivity index (χ2n) is 9.27. The summed E-state index contributed by atoms with van der Waals surface area (Å²) < 4.78 is 0. The molecule has 178 valence electrons. The van der Waals surface area contributed by atoms with Crippen molar-refractivity contribution in [1.82, 2.24) is 0 Å². The highest BCUT2D eigenvalue weighted by Crippen LogP contribution is 2.39. The molecule has 0 spiro atoms. The van der Waals surface area contributed by atoms with Crippen LogP contribution >= 0.6 is 0 Å². The minimum Gasteiger partial charge on any atom is -0.298 e. The Balaban J connectivity index is 1.86. The second-order valence-corrected chi connectivity index (χ2v) is 9.27. The largest absolute Gasteiger partial charge is 0.298 e. The molecule has 4 heteroatoms. The van der Waals surface area contributed by atoms with E-state index in [0.29, 0.717) is 24.1 Å².